The molecular formula is C18H21N3O5S. The number of ether oxygens (including phenoxy) is 2. The van der Waals surface area contributed by atoms with Gasteiger partial charge in [0.05, 0.1) is 35.9 Å². The molecule has 8 nitrogen and oxygen atoms in total. The van der Waals surface area contributed by atoms with Gasteiger partial charge in [0.15, 0.2) is 5.16 Å². The monoisotopic (exact) mass is 391 g/mol. The number of carbonyl (C=O) groups excluding carboxylic acids is 2. The standard InChI is InChI=1S/C18H21N3O5S/c1-11(15(22)20-18(24)25-2)27-17-19-14-8-4-3-7-13(14)16(23)21(17)10-12-6-5-9-26-12/h3-4,7-8,11-12H,5-6,9-10H2,1-2H3,(H,20,22,24)/t11-,12-/m1/s1. The molecule has 0 saturated carbocycles. The number of nitrogens with one attached hydrogen (secondary N) is 1. The third-order valence-electron chi connectivity index (χ3n) is 4.30. The van der Waals surface area contributed by atoms with Crippen LogP contribution in [0, 0.1) is 0 Å². The average molecular weight is 391 g/mol. The van der Waals surface area contributed by atoms with Crippen molar-refractivity contribution in [3.8, 4) is 0 Å². The van der Waals surface area contributed by atoms with E-state index >= 15 is 0 Å². The van der Waals surface area contributed by atoms with Gasteiger partial charge in [-0.25, -0.2) is 9.78 Å². The van der Waals surface area contributed by atoms with Gasteiger partial charge in [0.1, 0.15) is 0 Å². The van der Waals surface area contributed by atoms with Crippen LogP contribution >= 0.6 is 11.8 Å². The van der Waals surface area contributed by atoms with Crippen molar-refractivity contribution in [1.29, 1.82) is 0 Å². The van der Waals surface area contributed by atoms with Crippen molar-refractivity contribution in [3.63, 3.8) is 0 Å². The van der Waals surface area contributed by atoms with E-state index in [1.54, 1.807) is 35.8 Å². The van der Waals surface area contributed by atoms with E-state index in [-0.39, 0.29) is 11.7 Å². The van der Waals surface area contributed by atoms with Gasteiger partial charge in [-0.3, -0.25) is 19.5 Å². The van der Waals surface area contributed by atoms with Gasteiger partial charge in [-0.05, 0) is 31.9 Å². The summed E-state index contributed by atoms with van der Waals surface area (Å²) in [6, 6.07) is 7.09. The number of nitrogens with zero attached hydrogens (tertiary/aromatic N) is 2. The van der Waals surface area contributed by atoms with E-state index in [4.69, 9.17) is 4.74 Å². The molecule has 1 fully saturated rings. The highest BCUT2D eigenvalue weighted by Crippen LogP contribution is 2.24. The zero-order valence-electron chi connectivity index (χ0n) is 15.1. The molecule has 27 heavy (non-hydrogen) atoms. The van der Waals surface area contributed by atoms with Crippen LogP contribution in [-0.2, 0) is 20.8 Å². The Balaban J connectivity index is 1.93. The minimum absolute atomic E-state index is 0.0517. The van der Waals surface area contributed by atoms with Crippen LogP contribution in [0.5, 0.6) is 0 Å². The van der Waals surface area contributed by atoms with Gasteiger partial charge in [0.2, 0.25) is 5.91 Å². The zero-order chi connectivity index (χ0) is 19.4. The topological polar surface area (TPSA) is 99.5 Å². The van der Waals surface area contributed by atoms with E-state index in [1.165, 1.54) is 7.11 Å². The summed E-state index contributed by atoms with van der Waals surface area (Å²) in [6.45, 7) is 2.70. The first kappa shape index (κ1) is 19.4. The fourth-order valence-corrected chi connectivity index (χ4v) is 3.77. The van der Waals surface area contributed by atoms with E-state index in [1.807, 2.05) is 0 Å². The summed E-state index contributed by atoms with van der Waals surface area (Å²) < 4.78 is 11.7. The Morgan fingerprint density at radius 3 is 2.93 bits per heavy atom. The molecule has 0 radical (unpaired) electrons. The molecule has 9 heteroatoms. The Morgan fingerprint density at radius 2 is 2.22 bits per heavy atom. The van der Waals surface area contributed by atoms with Crippen LogP contribution < -0.4 is 10.9 Å². The molecule has 2 atom stereocenters. The lowest BCUT2D eigenvalue weighted by Gasteiger charge is -2.18. The Bertz CT molecular complexity index is 907. The van der Waals surface area contributed by atoms with E-state index in [2.05, 4.69) is 15.0 Å². The molecule has 1 saturated heterocycles. The van der Waals surface area contributed by atoms with Crippen LogP contribution in [0.2, 0.25) is 0 Å². The number of benzene rings is 1. The number of alkyl carbamates (subject to hydrolysis) is 1. The maximum absolute atomic E-state index is 13.0. The molecule has 2 heterocycles. The van der Waals surface area contributed by atoms with Crippen LogP contribution in [0.25, 0.3) is 10.9 Å². The van der Waals surface area contributed by atoms with Crippen molar-refractivity contribution in [2.75, 3.05) is 13.7 Å². The third-order valence-corrected chi connectivity index (χ3v) is 5.39. The predicted molar refractivity (Wildman–Crippen MR) is 101 cm³/mol. The van der Waals surface area contributed by atoms with E-state index < -0.39 is 17.3 Å². The van der Waals surface area contributed by atoms with Crippen molar-refractivity contribution in [1.82, 2.24) is 14.9 Å². The van der Waals surface area contributed by atoms with Crippen molar-refractivity contribution >= 4 is 34.7 Å². The molecule has 144 valence electrons. The molecular weight excluding hydrogens is 370 g/mol. The number of thioether (sulfide) groups is 1. The maximum Gasteiger partial charge on any atom is 0.413 e. The summed E-state index contributed by atoms with van der Waals surface area (Å²) >= 11 is 1.12. The van der Waals surface area contributed by atoms with Gasteiger partial charge in [0, 0.05) is 6.61 Å². The Labute approximate surface area is 160 Å². The second-order valence-corrected chi connectivity index (χ2v) is 7.51. The van der Waals surface area contributed by atoms with Crippen LogP contribution in [-0.4, -0.2) is 46.6 Å². The smallest absolute Gasteiger partial charge is 0.413 e. The Kier molecular flexibility index (Phi) is 6.12. The number of amides is 2. The van der Waals surface area contributed by atoms with Gasteiger partial charge in [0.25, 0.3) is 5.56 Å². The van der Waals surface area contributed by atoms with Crippen molar-refractivity contribution in [2.45, 2.75) is 42.8 Å². The molecule has 2 aromatic rings. The molecule has 0 bridgehead atoms. The molecule has 2 amide bonds. The predicted octanol–water partition coefficient (Wildman–Crippen LogP) is 1.94. The van der Waals surface area contributed by atoms with Crippen LogP contribution in [0.15, 0.2) is 34.2 Å². The number of hydrogen-bond donors (Lipinski definition) is 1. The van der Waals surface area contributed by atoms with Gasteiger partial charge in [-0.1, -0.05) is 23.9 Å². The van der Waals surface area contributed by atoms with Crippen LogP contribution in [0.4, 0.5) is 4.79 Å². The zero-order valence-corrected chi connectivity index (χ0v) is 16.0. The van der Waals surface area contributed by atoms with Gasteiger partial charge in [-0.15, -0.1) is 0 Å². The summed E-state index contributed by atoms with van der Waals surface area (Å²) in [7, 11) is 1.19. The van der Waals surface area contributed by atoms with Crippen molar-refractivity contribution in [2.24, 2.45) is 0 Å². The van der Waals surface area contributed by atoms with Crippen LogP contribution in [0.1, 0.15) is 19.8 Å². The highest BCUT2D eigenvalue weighted by atomic mass is 32.2. The van der Waals surface area contributed by atoms with E-state index in [0.717, 1.165) is 24.6 Å². The van der Waals surface area contributed by atoms with Crippen molar-refractivity contribution in [3.05, 3.63) is 34.6 Å². The number of aromatic nitrogens is 2. The maximum atomic E-state index is 13.0. The van der Waals surface area contributed by atoms with E-state index in [0.29, 0.717) is 29.2 Å². The molecule has 3 rings (SSSR count). The fraction of sp³-hybridized carbons (Fsp3) is 0.444. The highest BCUT2D eigenvalue weighted by molar-refractivity contribution is 8.00. The quantitative estimate of drug-likeness (QED) is 0.614. The van der Waals surface area contributed by atoms with Crippen LogP contribution in [0.3, 0.4) is 0 Å². The first-order valence-corrected chi connectivity index (χ1v) is 9.54. The molecule has 0 aliphatic carbocycles. The molecule has 0 spiro atoms. The minimum atomic E-state index is -0.823. The highest BCUT2D eigenvalue weighted by Gasteiger charge is 2.24. The summed E-state index contributed by atoms with van der Waals surface area (Å²) in [4.78, 5) is 41.0. The van der Waals surface area contributed by atoms with Gasteiger partial charge >= 0.3 is 6.09 Å². The summed E-state index contributed by atoms with van der Waals surface area (Å²) in [5.74, 6) is -0.516. The lowest BCUT2D eigenvalue weighted by atomic mass is 10.2. The number of hydrogen-bond acceptors (Lipinski definition) is 7. The number of rotatable bonds is 5. The third kappa shape index (κ3) is 4.48. The lowest BCUT2D eigenvalue weighted by Crippen LogP contribution is -2.36. The normalized spacial score (nSPS) is 17.6. The number of methoxy groups -OCH3 is 1. The summed E-state index contributed by atoms with van der Waals surface area (Å²) in [5.41, 5.74) is 0.397. The number of carbonyl (C=O) groups is 2. The minimum Gasteiger partial charge on any atom is -0.453 e. The first-order valence-electron chi connectivity index (χ1n) is 8.66. The van der Waals surface area contributed by atoms with Gasteiger partial charge in [-0.2, -0.15) is 0 Å². The molecule has 0 unspecified atom stereocenters. The largest absolute Gasteiger partial charge is 0.453 e. The van der Waals surface area contributed by atoms with Gasteiger partial charge < -0.3 is 9.47 Å². The molecule has 1 N–H and O–H groups in total. The lowest BCUT2D eigenvalue weighted by molar-refractivity contribution is -0.119. The summed E-state index contributed by atoms with van der Waals surface area (Å²) in [6.07, 6.45) is 0.961. The Hall–Kier alpha value is -2.39. The average Bonchev–Trinajstić information content (AvgIpc) is 3.17. The molecule has 1 aromatic carbocycles. The molecule has 1 aliphatic rings. The number of imide groups is 1. The van der Waals surface area contributed by atoms with E-state index in [9.17, 15) is 14.4 Å². The number of para-hydroxylation sites is 1. The second-order valence-electron chi connectivity index (χ2n) is 6.20. The van der Waals surface area contributed by atoms with Crippen molar-refractivity contribution < 1.29 is 19.1 Å². The fourth-order valence-electron chi connectivity index (χ4n) is 2.86. The Morgan fingerprint density at radius 1 is 1.44 bits per heavy atom. The molecule has 1 aromatic heterocycles. The SMILES string of the molecule is COC(=O)NC(=O)[C@@H](C)Sc1nc2ccccc2c(=O)n1C[C@H]1CCCO1. The summed E-state index contributed by atoms with van der Waals surface area (Å²) in [5, 5.41) is 2.43. The second kappa shape index (κ2) is 8.53. The molecule has 1 aliphatic heterocycles. The first-order chi connectivity index (χ1) is 13.0. The number of fused-ring (bicyclic) bond motifs is 1.